The van der Waals surface area contributed by atoms with Gasteiger partial charge in [-0.25, -0.2) is 0 Å². The summed E-state index contributed by atoms with van der Waals surface area (Å²) in [5.74, 6) is 0. The summed E-state index contributed by atoms with van der Waals surface area (Å²) in [6.07, 6.45) is 3.64. The standard InChI is InChI=1S/C13H9N3O/c17-13-9-3-1-2-4-10(9)16-8-14-7-12(16)11-5-6-15(11)13/h1-7H,8H2. The SMILES string of the molecule is O=c1c2ccccc2n2c(c3ccn1-3)C=NC2. The molecule has 0 aliphatic carbocycles. The lowest BCUT2D eigenvalue weighted by Crippen LogP contribution is -2.19. The van der Waals surface area contributed by atoms with Gasteiger partial charge >= 0.3 is 0 Å². The number of fused-ring (bicyclic) bond motifs is 5. The topological polar surface area (TPSA) is 39.3 Å². The van der Waals surface area contributed by atoms with Crippen molar-refractivity contribution in [3.8, 4) is 5.69 Å². The summed E-state index contributed by atoms with van der Waals surface area (Å²) in [6, 6.07) is 9.62. The van der Waals surface area contributed by atoms with E-state index >= 15 is 0 Å². The van der Waals surface area contributed by atoms with Gasteiger partial charge in [0.05, 0.1) is 22.3 Å². The van der Waals surface area contributed by atoms with Crippen LogP contribution < -0.4 is 5.56 Å². The fraction of sp³-hybridized carbons (Fsp3) is 0.0769. The maximum atomic E-state index is 12.3. The van der Waals surface area contributed by atoms with E-state index in [2.05, 4.69) is 9.56 Å². The Morgan fingerprint density at radius 3 is 2.88 bits per heavy atom. The first kappa shape index (κ1) is 8.75. The monoisotopic (exact) mass is 223 g/mol. The molecule has 17 heavy (non-hydrogen) atoms. The number of para-hydroxylation sites is 1. The molecule has 1 aromatic rings. The van der Waals surface area contributed by atoms with Crippen LogP contribution >= 0.6 is 0 Å². The summed E-state index contributed by atoms with van der Waals surface area (Å²) < 4.78 is 3.76. The van der Waals surface area contributed by atoms with Gasteiger partial charge < -0.3 is 4.57 Å². The molecule has 0 spiro atoms. The van der Waals surface area contributed by atoms with Gasteiger partial charge in [-0.1, -0.05) is 12.1 Å². The first-order valence-corrected chi connectivity index (χ1v) is 5.49. The van der Waals surface area contributed by atoms with Gasteiger partial charge in [-0.3, -0.25) is 14.4 Å². The van der Waals surface area contributed by atoms with E-state index in [1.165, 1.54) is 0 Å². The molecule has 0 saturated heterocycles. The van der Waals surface area contributed by atoms with Crippen LogP contribution in [0, 0.1) is 0 Å². The Kier molecular flexibility index (Phi) is 1.47. The summed E-state index contributed by atoms with van der Waals surface area (Å²) in [5, 5.41) is 0.731. The predicted molar refractivity (Wildman–Crippen MR) is 66.3 cm³/mol. The largest absolute Gasteiger partial charge is 0.317 e. The van der Waals surface area contributed by atoms with Crippen LogP contribution in [0.1, 0.15) is 5.69 Å². The molecule has 0 atom stereocenters. The summed E-state index contributed by atoms with van der Waals surface area (Å²) >= 11 is 0. The average Bonchev–Trinajstić information content (AvgIpc) is 2.74. The van der Waals surface area contributed by atoms with Crippen molar-refractivity contribution in [2.45, 2.75) is 6.67 Å². The van der Waals surface area contributed by atoms with Crippen molar-refractivity contribution < 1.29 is 0 Å². The third-order valence-corrected chi connectivity index (χ3v) is 3.27. The lowest BCUT2D eigenvalue weighted by Gasteiger charge is -2.10. The second-order valence-electron chi connectivity index (χ2n) is 4.16. The lowest BCUT2D eigenvalue weighted by atomic mass is 10.2. The number of aromatic nitrogens is 2. The van der Waals surface area contributed by atoms with E-state index in [9.17, 15) is 4.79 Å². The molecule has 4 heteroatoms. The third-order valence-electron chi connectivity index (χ3n) is 3.27. The van der Waals surface area contributed by atoms with Crippen LogP contribution in [-0.2, 0) is 6.67 Å². The van der Waals surface area contributed by atoms with Crippen LogP contribution in [0.4, 0.5) is 0 Å². The van der Waals surface area contributed by atoms with E-state index in [1.54, 1.807) is 10.8 Å². The highest BCUT2D eigenvalue weighted by atomic mass is 16.1. The zero-order chi connectivity index (χ0) is 11.4. The number of rotatable bonds is 0. The Morgan fingerprint density at radius 2 is 2.06 bits per heavy atom. The van der Waals surface area contributed by atoms with Gasteiger partial charge in [0.2, 0.25) is 0 Å². The highest BCUT2D eigenvalue weighted by molar-refractivity contribution is 5.89. The maximum absolute atomic E-state index is 12.3. The molecule has 0 unspecified atom stereocenters. The molecule has 0 fully saturated rings. The predicted octanol–water partition coefficient (Wildman–Crippen LogP) is 1.62. The zero-order valence-electron chi connectivity index (χ0n) is 9.00. The normalized spacial score (nSPS) is 13.6. The van der Waals surface area contributed by atoms with Crippen molar-refractivity contribution in [2.24, 2.45) is 4.99 Å². The van der Waals surface area contributed by atoms with Crippen LogP contribution in [0.25, 0.3) is 16.6 Å². The van der Waals surface area contributed by atoms with Gasteiger partial charge in [-0.15, -0.1) is 0 Å². The Hall–Kier alpha value is -2.36. The molecule has 0 bridgehead atoms. The molecule has 1 aromatic carbocycles. The third kappa shape index (κ3) is 0.970. The molecular weight excluding hydrogens is 214 g/mol. The van der Waals surface area contributed by atoms with Crippen LogP contribution in [0.15, 0.2) is 46.3 Å². The van der Waals surface area contributed by atoms with E-state index in [1.807, 2.05) is 36.5 Å². The molecule has 3 heterocycles. The molecule has 0 N–H and O–H groups in total. The second-order valence-corrected chi connectivity index (χ2v) is 4.16. The van der Waals surface area contributed by atoms with Crippen LogP contribution in [0.3, 0.4) is 0 Å². The quantitative estimate of drug-likeness (QED) is 0.570. The smallest absolute Gasteiger partial charge is 0.264 e. The van der Waals surface area contributed by atoms with Gasteiger partial charge in [-0.2, -0.15) is 0 Å². The van der Waals surface area contributed by atoms with E-state index in [0.29, 0.717) is 6.67 Å². The molecule has 0 saturated carbocycles. The molecule has 3 aliphatic heterocycles. The number of benzene rings is 1. The molecule has 0 radical (unpaired) electrons. The molecule has 0 amide bonds. The molecule has 4 rings (SSSR count). The summed E-state index contributed by atoms with van der Waals surface area (Å²) in [5.41, 5.74) is 2.92. The van der Waals surface area contributed by atoms with Gasteiger partial charge in [0.1, 0.15) is 6.67 Å². The number of hydrogen-bond donors (Lipinski definition) is 0. The van der Waals surface area contributed by atoms with Gasteiger partial charge in [0.15, 0.2) is 0 Å². The maximum Gasteiger partial charge on any atom is 0.264 e. The highest BCUT2D eigenvalue weighted by Gasteiger charge is 2.18. The van der Waals surface area contributed by atoms with Crippen LogP contribution in [0.5, 0.6) is 0 Å². The van der Waals surface area contributed by atoms with E-state index in [0.717, 1.165) is 22.3 Å². The number of nitrogens with zero attached hydrogens (tertiary/aromatic N) is 3. The van der Waals surface area contributed by atoms with E-state index < -0.39 is 0 Å². The molecule has 82 valence electrons. The van der Waals surface area contributed by atoms with E-state index in [-0.39, 0.29) is 5.56 Å². The Labute approximate surface area is 96.8 Å². The van der Waals surface area contributed by atoms with Crippen LogP contribution in [0.2, 0.25) is 0 Å². The minimum absolute atomic E-state index is 0.0356. The Bertz CT molecular complexity index is 794. The van der Waals surface area contributed by atoms with Gasteiger partial charge in [-0.05, 0) is 18.2 Å². The Balaban J connectivity index is 2.37. The average molecular weight is 223 g/mol. The fourth-order valence-corrected chi connectivity index (χ4v) is 2.39. The first-order valence-electron chi connectivity index (χ1n) is 5.49. The molecule has 0 aromatic heterocycles. The van der Waals surface area contributed by atoms with Crippen molar-refractivity contribution in [1.29, 1.82) is 0 Å². The zero-order valence-corrected chi connectivity index (χ0v) is 9.00. The fourth-order valence-electron chi connectivity index (χ4n) is 2.39. The molecule has 4 nitrogen and oxygen atoms in total. The second kappa shape index (κ2) is 2.85. The van der Waals surface area contributed by atoms with E-state index in [4.69, 9.17) is 0 Å². The number of hydrogen-bond acceptors (Lipinski definition) is 2. The first-order chi connectivity index (χ1) is 8.36. The minimum atomic E-state index is 0.0356. The van der Waals surface area contributed by atoms with Crippen molar-refractivity contribution in [3.63, 3.8) is 0 Å². The van der Waals surface area contributed by atoms with Crippen molar-refractivity contribution in [2.75, 3.05) is 0 Å². The summed E-state index contributed by atoms with van der Waals surface area (Å²) in [7, 11) is 0. The summed E-state index contributed by atoms with van der Waals surface area (Å²) in [4.78, 5) is 16.6. The highest BCUT2D eigenvalue weighted by Crippen LogP contribution is 2.22. The molecule has 3 aliphatic rings. The lowest BCUT2D eigenvalue weighted by molar-refractivity contribution is 0.784. The van der Waals surface area contributed by atoms with Crippen LogP contribution in [-0.4, -0.2) is 15.3 Å². The van der Waals surface area contributed by atoms with Crippen molar-refractivity contribution in [1.82, 2.24) is 9.13 Å². The number of aliphatic imine (C=N–C) groups is 1. The van der Waals surface area contributed by atoms with Gasteiger partial charge in [0.25, 0.3) is 5.56 Å². The summed E-state index contributed by atoms with van der Waals surface area (Å²) in [6.45, 7) is 0.588. The Morgan fingerprint density at radius 1 is 1.18 bits per heavy atom. The minimum Gasteiger partial charge on any atom is -0.317 e. The van der Waals surface area contributed by atoms with Gasteiger partial charge in [0, 0.05) is 12.4 Å². The van der Waals surface area contributed by atoms with Crippen molar-refractivity contribution in [3.05, 3.63) is 52.6 Å². The van der Waals surface area contributed by atoms with Crippen molar-refractivity contribution >= 4 is 17.1 Å². The molecular formula is C13H9N3O.